The normalized spacial score (nSPS) is 12.3. The molecule has 1 unspecified atom stereocenters. The van der Waals surface area contributed by atoms with Crippen LogP contribution in [0.5, 0.6) is 0 Å². The monoisotopic (exact) mass is 512 g/mol. The lowest BCUT2D eigenvalue weighted by atomic mass is 9.67. The molecule has 1 atom stereocenters. The lowest BCUT2D eigenvalue weighted by Crippen LogP contribution is -2.30. The van der Waals surface area contributed by atoms with Crippen molar-refractivity contribution in [3.63, 3.8) is 0 Å². The van der Waals surface area contributed by atoms with Gasteiger partial charge in [0.2, 0.25) is 0 Å². The van der Waals surface area contributed by atoms with Crippen LogP contribution in [-0.4, -0.2) is 19.0 Å². The molecule has 0 heterocycles. The van der Waals surface area contributed by atoms with E-state index in [9.17, 15) is 5.02 Å². The van der Waals surface area contributed by atoms with Gasteiger partial charge in [-0.3, -0.25) is 8.28 Å². The minimum absolute atomic E-state index is 0.123. The van der Waals surface area contributed by atoms with Gasteiger partial charge in [-0.15, -0.1) is 0 Å². The molecule has 0 aromatic heterocycles. The summed E-state index contributed by atoms with van der Waals surface area (Å²) in [6.45, 7) is 2.38. The zero-order valence-corrected chi connectivity index (χ0v) is 21.9. The molecule has 0 saturated carbocycles. The predicted octanol–water partition coefficient (Wildman–Crippen LogP) is 7.54. The topological polar surface area (TPSA) is 47.9 Å². The van der Waals surface area contributed by atoms with Crippen LogP contribution in [-0.2, 0) is 18.4 Å². The summed E-state index contributed by atoms with van der Waals surface area (Å²) in [7, 11) is -1.38. The Morgan fingerprint density at radius 3 is 1.65 bits per heavy atom. The van der Waals surface area contributed by atoms with Crippen LogP contribution in [0.2, 0.25) is 0 Å². The van der Waals surface area contributed by atoms with E-state index >= 15 is 0 Å². The fraction of sp³-hybridized carbons (Fsp3) is 0.226. The molecular weight excluding hydrogens is 479 g/mol. The van der Waals surface area contributed by atoms with Gasteiger partial charge in [0.15, 0.2) is 0 Å². The first kappa shape index (κ1) is 27.2. The lowest BCUT2D eigenvalue weighted by molar-refractivity contribution is 0.176. The summed E-state index contributed by atoms with van der Waals surface area (Å²) in [6, 6.07) is 41.7. The first-order valence-corrected chi connectivity index (χ1v) is 13.4. The third kappa shape index (κ3) is 7.13. The minimum atomic E-state index is -1.38. The molecule has 4 aromatic rings. The quantitative estimate of drug-likeness (QED) is 0.0819. The van der Waals surface area contributed by atoms with Crippen molar-refractivity contribution in [1.82, 2.24) is 0 Å². The maximum atomic E-state index is 10.2. The summed E-state index contributed by atoms with van der Waals surface area (Å²) in [6.07, 6.45) is 2.18. The van der Waals surface area contributed by atoms with Gasteiger partial charge in [0, 0.05) is 12.0 Å². The molecule has 37 heavy (non-hydrogen) atoms. The number of hydrogen-bond acceptors (Lipinski definition) is 5. The fourth-order valence-electron chi connectivity index (χ4n) is 4.78. The van der Waals surface area contributed by atoms with Gasteiger partial charge in [-0.2, -0.15) is 0 Å². The van der Waals surface area contributed by atoms with Crippen molar-refractivity contribution in [2.45, 2.75) is 37.7 Å². The Morgan fingerprint density at radius 2 is 1.19 bits per heavy atom. The van der Waals surface area contributed by atoms with Crippen LogP contribution in [0.3, 0.4) is 0 Å². The Morgan fingerprint density at radius 1 is 0.730 bits per heavy atom. The van der Waals surface area contributed by atoms with Crippen molar-refractivity contribution in [3.05, 3.63) is 144 Å². The fourth-order valence-corrected chi connectivity index (χ4v) is 5.29. The third-order valence-electron chi connectivity index (χ3n) is 6.58. The molecule has 0 aliphatic rings. The smallest absolute Gasteiger partial charge is 0.401 e. The van der Waals surface area contributed by atoms with Crippen molar-refractivity contribution >= 4 is 19.6 Å². The molecule has 0 bridgehead atoms. The molecule has 1 N–H and O–H groups in total. The van der Waals surface area contributed by atoms with Gasteiger partial charge < -0.3 is 9.68 Å². The summed E-state index contributed by atoms with van der Waals surface area (Å²) >= 11 is 0.768. The average molecular weight is 512 g/mol. The second-order valence-corrected chi connectivity index (χ2v) is 9.37. The highest BCUT2D eigenvalue weighted by Crippen LogP contribution is 2.43. The second kappa shape index (κ2) is 14.2. The van der Waals surface area contributed by atoms with Crippen LogP contribution in [0, 0.1) is 0 Å². The van der Waals surface area contributed by atoms with E-state index in [1.165, 1.54) is 16.7 Å². The van der Waals surface area contributed by atoms with Crippen molar-refractivity contribution in [3.8, 4) is 0 Å². The van der Waals surface area contributed by atoms with E-state index in [1.807, 2.05) is 55.5 Å². The highest BCUT2D eigenvalue weighted by molar-refractivity contribution is 7.90. The molecule has 4 aromatic carbocycles. The van der Waals surface area contributed by atoms with E-state index < -0.39 is 7.32 Å². The Labute approximate surface area is 225 Å². The Balaban J connectivity index is 1.39. The average Bonchev–Trinajstić information content (AvgIpc) is 2.97. The SMILES string of the molecule is CCC(OSOB(O)OCCCC(c1ccccc1)(c1ccccc1)c1ccccc1)c1ccccc1. The van der Waals surface area contributed by atoms with Gasteiger partial charge in [-0.1, -0.05) is 128 Å². The number of benzene rings is 4. The summed E-state index contributed by atoms with van der Waals surface area (Å²) < 4.78 is 16.6. The van der Waals surface area contributed by atoms with Crippen LogP contribution < -0.4 is 0 Å². The molecule has 0 aliphatic heterocycles. The summed E-state index contributed by atoms with van der Waals surface area (Å²) in [5.74, 6) is 0. The zero-order valence-electron chi connectivity index (χ0n) is 21.1. The van der Waals surface area contributed by atoms with Crippen LogP contribution >= 0.6 is 12.3 Å². The number of hydrogen-bond donors (Lipinski definition) is 1. The summed E-state index contributed by atoms with van der Waals surface area (Å²) in [4.78, 5) is 0. The molecule has 0 radical (unpaired) electrons. The first-order chi connectivity index (χ1) is 18.2. The Bertz CT molecular complexity index is 1070. The summed E-state index contributed by atoms with van der Waals surface area (Å²) in [5, 5.41) is 10.2. The van der Waals surface area contributed by atoms with Crippen LogP contribution in [0.25, 0.3) is 0 Å². The molecule has 4 rings (SSSR count). The number of rotatable bonds is 14. The van der Waals surface area contributed by atoms with E-state index in [4.69, 9.17) is 12.9 Å². The highest BCUT2D eigenvalue weighted by atomic mass is 32.2. The standard InChI is InChI=1S/C31H33BO4S/c1-2-30(26-16-7-3-8-17-26)35-37-36-32(33)34-25-15-24-31(27-18-9-4-10-19-27,28-20-11-5-12-21-28)29-22-13-6-14-23-29/h3-14,16-23,30,33H,2,15,24-25H2,1H3. The van der Waals surface area contributed by atoms with E-state index in [2.05, 4.69) is 72.8 Å². The molecule has 0 aliphatic carbocycles. The van der Waals surface area contributed by atoms with Crippen LogP contribution in [0.1, 0.15) is 54.5 Å². The molecule has 0 fully saturated rings. The first-order valence-electron chi connectivity index (χ1n) is 12.7. The largest absolute Gasteiger partial charge is 0.649 e. The van der Waals surface area contributed by atoms with E-state index in [1.54, 1.807) is 0 Å². The van der Waals surface area contributed by atoms with Gasteiger partial charge in [-0.05, 0) is 41.5 Å². The Kier molecular flexibility index (Phi) is 10.4. The van der Waals surface area contributed by atoms with Gasteiger partial charge in [-0.25, -0.2) is 0 Å². The van der Waals surface area contributed by atoms with E-state index in [-0.39, 0.29) is 11.5 Å². The highest BCUT2D eigenvalue weighted by Gasteiger charge is 2.35. The maximum Gasteiger partial charge on any atom is 0.649 e. The molecule has 0 saturated heterocycles. The van der Waals surface area contributed by atoms with E-state index in [0.29, 0.717) is 13.0 Å². The van der Waals surface area contributed by atoms with Gasteiger partial charge in [0.1, 0.15) is 12.3 Å². The zero-order chi connectivity index (χ0) is 25.8. The third-order valence-corrected chi connectivity index (χ3v) is 7.13. The second-order valence-electron chi connectivity index (χ2n) is 8.85. The van der Waals surface area contributed by atoms with Crippen molar-refractivity contribution in [2.75, 3.05) is 6.61 Å². The van der Waals surface area contributed by atoms with Crippen molar-refractivity contribution in [2.24, 2.45) is 0 Å². The van der Waals surface area contributed by atoms with Gasteiger partial charge >= 0.3 is 7.32 Å². The van der Waals surface area contributed by atoms with Crippen LogP contribution in [0.4, 0.5) is 0 Å². The molecule has 0 amide bonds. The van der Waals surface area contributed by atoms with E-state index in [0.717, 1.165) is 30.7 Å². The predicted molar refractivity (Wildman–Crippen MR) is 152 cm³/mol. The van der Waals surface area contributed by atoms with Crippen molar-refractivity contribution < 1.29 is 18.0 Å². The molecule has 190 valence electrons. The molecule has 0 spiro atoms. The molecular formula is C31H33BO4S. The molecule has 4 nitrogen and oxygen atoms in total. The van der Waals surface area contributed by atoms with Gasteiger partial charge in [0.25, 0.3) is 0 Å². The van der Waals surface area contributed by atoms with Gasteiger partial charge in [0.05, 0.1) is 6.10 Å². The minimum Gasteiger partial charge on any atom is -0.401 e. The van der Waals surface area contributed by atoms with Crippen molar-refractivity contribution in [1.29, 1.82) is 0 Å². The molecule has 6 heteroatoms. The van der Waals surface area contributed by atoms with Crippen LogP contribution in [0.15, 0.2) is 121 Å². The lowest BCUT2D eigenvalue weighted by Gasteiger charge is -2.36. The maximum absolute atomic E-state index is 10.2. The Hall–Kier alpha value is -2.87. The summed E-state index contributed by atoms with van der Waals surface area (Å²) in [5.41, 5.74) is 4.38.